The number of anilines is 1. The van der Waals surface area contributed by atoms with Crippen molar-refractivity contribution in [2.75, 3.05) is 12.0 Å². The molecule has 12 heteroatoms. The second kappa shape index (κ2) is 11.0. The Kier molecular flexibility index (Phi) is 8.05. The fourth-order valence-corrected chi connectivity index (χ4v) is 3.31. The van der Waals surface area contributed by atoms with Gasteiger partial charge in [-0.25, -0.2) is 4.98 Å². The van der Waals surface area contributed by atoms with Crippen LogP contribution < -0.4 is 14.9 Å². The minimum absolute atomic E-state index is 0.0105. The summed E-state index contributed by atoms with van der Waals surface area (Å²) in [5.41, 5.74) is 3.07. The number of nitro groups is 1. The Hall–Kier alpha value is -3.67. The van der Waals surface area contributed by atoms with E-state index in [0.717, 1.165) is 17.8 Å². The molecule has 1 N–H and O–H groups in total. The number of non-ortho nitro benzene ring substituents is 1. The maximum Gasteiger partial charge on any atom is 0.417 e. The Morgan fingerprint density at radius 2 is 1.91 bits per heavy atom. The lowest BCUT2D eigenvalue weighted by Crippen LogP contribution is -2.05. The van der Waals surface area contributed by atoms with E-state index in [9.17, 15) is 23.3 Å². The molecular formula is C22H18BrF3N4O4. The number of benzene rings is 2. The zero-order valence-corrected chi connectivity index (χ0v) is 19.3. The number of pyridine rings is 1. The molecule has 0 aliphatic heterocycles. The number of halogens is 4. The maximum atomic E-state index is 12.6. The number of aromatic nitrogens is 1. The molecule has 0 fully saturated rings. The van der Waals surface area contributed by atoms with E-state index in [1.807, 2.05) is 6.92 Å². The number of nitrogens with one attached hydrogen (secondary N) is 1. The third-order valence-electron chi connectivity index (χ3n) is 4.35. The van der Waals surface area contributed by atoms with Crippen LogP contribution in [0.25, 0.3) is 0 Å². The molecule has 1 aromatic heterocycles. The van der Waals surface area contributed by atoms with E-state index in [4.69, 9.17) is 9.47 Å². The summed E-state index contributed by atoms with van der Waals surface area (Å²) in [6.45, 7) is 2.34. The summed E-state index contributed by atoms with van der Waals surface area (Å²) in [5, 5.41) is 14.8. The zero-order valence-electron chi connectivity index (χ0n) is 17.7. The third kappa shape index (κ3) is 6.67. The molecule has 0 amide bonds. The van der Waals surface area contributed by atoms with Gasteiger partial charge >= 0.3 is 6.18 Å². The van der Waals surface area contributed by atoms with Gasteiger partial charge in [-0.2, -0.15) is 18.3 Å². The minimum Gasteiger partial charge on any atom is -0.490 e. The molecule has 8 nitrogen and oxygen atoms in total. The first kappa shape index (κ1) is 25.0. The largest absolute Gasteiger partial charge is 0.490 e. The van der Waals surface area contributed by atoms with Gasteiger partial charge in [-0.15, -0.1) is 0 Å². The van der Waals surface area contributed by atoms with Crippen molar-refractivity contribution in [3.8, 4) is 11.5 Å². The molecular weight excluding hydrogens is 521 g/mol. The molecule has 0 unspecified atom stereocenters. The number of nitrogens with zero attached hydrogens (tertiary/aromatic N) is 3. The smallest absolute Gasteiger partial charge is 0.417 e. The summed E-state index contributed by atoms with van der Waals surface area (Å²) in [6, 6.07) is 11.5. The number of rotatable bonds is 9. The van der Waals surface area contributed by atoms with Gasteiger partial charge in [0.15, 0.2) is 11.5 Å². The lowest BCUT2D eigenvalue weighted by molar-refractivity contribution is -0.384. The molecule has 0 radical (unpaired) electrons. The maximum absolute atomic E-state index is 12.6. The van der Waals surface area contributed by atoms with Crippen molar-refractivity contribution >= 4 is 33.6 Å². The first-order valence-corrected chi connectivity index (χ1v) is 10.6. The number of ether oxygens (including phenoxy) is 2. The molecule has 34 heavy (non-hydrogen) atoms. The molecule has 2 aromatic carbocycles. The van der Waals surface area contributed by atoms with Crippen LogP contribution in [-0.4, -0.2) is 22.7 Å². The summed E-state index contributed by atoms with van der Waals surface area (Å²) < 4.78 is 50.0. The van der Waals surface area contributed by atoms with Gasteiger partial charge in [0.05, 0.1) is 27.8 Å². The standard InChI is InChI=1S/C22H18BrF3N4O4/c1-2-33-19-10-15(11-28-29-20-8-5-16(12-27-20)22(24,25)26)9-18(23)21(19)34-13-14-3-6-17(7-4-14)30(31)32/h3-12H,2,13H2,1H3,(H,27,29)/b28-11-. The van der Waals surface area contributed by atoms with Crippen LogP contribution in [0.15, 0.2) is 64.3 Å². The highest BCUT2D eigenvalue weighted by molar-refractivity contribution is 9.10. The van der Waals surface area contributed by atoms with Gasteiger partial charge in [-0.05, 0) is 70.4 Å². The van der Waals surface area contributed by atoms with Crippen LogP contribution in [0.5, 0.6) is 11.5 Å². The van der Waals surface area contributed by atoms with E-state index in [0.29, 0.717) is 28.1 Å². The molecule has 0 atom stereocenters. The van der Waals surface area contributed by atoms with Gasteiger partial charge in [-0.3, -0.25) is 15.5 Å². The number of hydrogen-bond donors (Lipinski definition) is 1. The average Bonchev–Trinajstić information content (AvgIpc) is 2.79. The predicted octanol–water partition coefficient (Wildman–Crippen LogP) is 6.19. The Morgan fingerprint density at radius 1 is 1.18 bits per heavy atom. The van der Waals surface area contributed by atoms with Crippen LogP contribution in [0.4, 0.5) is 24.7 Å². The molecule has 3 aromatic rings. The normalized spacial score (nSPS) is 11.4. The van der Waals surface area contributed by atoms with Gasteiger partial charge in [0.25, 0.3) is 5.69 Å². The first-order chi connectivity index (χ1) is 16.2. The van der Waals surface area contributed by atoms with Crippen molar-refractivity contribution in [2.45, 2.75) is 19.7 Å². The molecule has 1 heterocycles. The van der Waals surface area contributed by atoms with E-state index in [2.05, 4.69) is 31.4 Å². The number of hydrazone groups is 1. The van der Waals surface area contributed by atoms with E-state index in [1.165, 1.54) is 24.4 Å². The van der Waals surface area contributed by atoms with Gasteiger partial charge in [0.2, 0.25) is 0 Å². The van der Waals surface area contributed by atoms with Crippen molar-refractivity contribution in [3.05, 3.63) is 86.0 Å². The second-order valence-corrected chi connectivity index (χ2v) is 7.63. The van der Waals surface area contributed by atoms with Crippen molar-refractivity contribution in [2.24, 2.45) is 5.10 Å². The SMILES string of the molecule is CCOc1cc(/C=N\Nc2ccc(C(F)(F)F)cn2)cc(Br)c1OCc1ccc([N+](=O)[O-])cc1. The second-order valence-electron chi connectivity index (χ2n) is 6.78. The summed E-state index contributed by atoms with van der Waals surface area (Å²) >= 11 is 3.44. The van der Waals surface area contributed by atoms with Gasteiger partial charge in [0.1, 0.15) is 12.4 Å². The molecule has 0 spiro atoms. The number of hydrogen-bond acceptors (Lipinski definition) is 7. The van der Waals surface area contributed by atoms with Crippen LogP contribution in [-0.2, 0) is 12.8 Å². The molecule has 0 aliphatic rings. The Morgan fingerprint density at radius 3 is 2.50 bits per heavy atom. The quantitative estimate of drug-likeness (QED) is 0.198. The van der Waals surface area contributed by atoms with Crippen LogP contribution in [0, 0.1) is 10.1 Å². The van der Waals surface area contributed by atoms with Crippen molar-refractivity contribution in [3.63, 3.8) is 0 Å². The average molecular weight is 539 g/mol. The summed E-state index contributed by atoms with van der Waals surface area (Å²) in [6.07, 6.45) is -2.29. The summed E-state index contributed by atoms with van der Waals surface area (Å²) in [5.74, 6) is 1.03. The molecule has 0 saturated heterocycles. The van der Waals surface area contributed by atoms with E-state index in [-0.39, 0.29) is 18.1 Å². The summed E-state index contributed by atoms with van der Waals surface area (Å²) in [4.78, 5) is 14.0. The van der Waals surface area contributed by atoms with Crippen LogP contribution >= 0.6 is 15.9 Å². The first-order valence-electron chi connectivity index (χ1n) is 9.82. The fraction of sp³-hybridized carbons (Fsp3) is 0.182. The molecule has 0 aliphatic carbocycles. The van der Waals surface area contributed by atoms with Crippen LogP contribution in [0.3, 0.4) is 0 Å². The highest BCUT2D eigenvalue weighted by atomic mass is 79.9. The summed E-state index contributed by atoms with van der Waals surface area (Å²) in [7, 11) is 0. The highest BCUT2D eigenvalue weighted by Gasteiger charge is 2.30. The third-order valence-corrected chi connectivity index (χ3v) is 4.93. The van der Waals surface area contributed by atoms with E-state index in [1.54, 1.807) is 24.3 Å². The Balaban J connectivity index is 1.70. The predicted molar refractivity (Wildman–Crippen MR) is 123 cm³/mol. The van der Waals surface area contributed by atoms with Crippen LogP contribution in [0.2, 0.25) is 0 Å². The van der Waals surface area contributed by atoms with Crippen molar-refractivity contribution < 1.29 is 27.6 Å². The minimum atomic E-state index is -4.46. The Bertz CT molecular complexity index is 1170. The van der Waals surface area contributed by atoms with Crippen molar-refractivity contribution in [1.82, 2.24) is 4.98 Å². The zero-order chi connectivity index (χ0) is 24.7. The molecule has 0 saturated carbocycles. The van der Waals surface area contributed by atoms with Gasteiger partial charge in [0, 0.05) is 18.3 Å². The molecule has 0 bridgehead atoms. The Labute approximate surface area is 200 Å². The van der Waals surface area contributed by atoms with Gasteiger partial charge < -0.3 is 9.47 Å². The molecule has 178 valence electrons. The fourth-order valence-electron chi connectivity index (χ4n) is 2.74. The van der Waals surface area contributed by atoms with Gasteiger partial charge in [-0.1, -0.05) is 0 Å². The lowest BCUT2D eigenvalue weighted by Gasteiger charge is -2.14. The molecule has 3 rings (SSSR count). The van der Waals surface area contributed by atoms with Crippen molar-refractivity contribution in [1.29, 1.82) is 0 Å². The number of nitro benzene ring substituents is 1. The number of alkyl halides is 3. The highest BCUT2D eigenvalue weighted by Crippen LogP contribution is 2.37. The topological polar surface area (TPSA) is 98.9 Å². The van der Waals surface area contributed by atoms with E-state index >= 15 is 0 Å². The monoisotopic (exact) mass is 538 g/mol. The van der Waals surface area contributed by atoms with E-state index < -0.39 is 16.7 Å². The van der Waals surface area contributed by atoms with Crippen LogP contribution in [0.1, 0.15) is 23.6 Å². The lowest BCUT2D eigenvalue weighted by atomic mass is 10.2.